The van der Waals surface area contributed by atoms with Crippen LogP contribution in [0.25, 0.3) is 0 Å². The Morgan fingerprint density at radius 2 is 2.05 bits per heavy atom. The Balaban J connectivity index is 2.05. The van der Waals surface area contributed by atoms with Gasteiger partial charge in [0.15, 0.2) is 0 Å². The summed E-state index contributed by atoms with van der Waals surface area (Å²) in [6.45, 7) is 8.58. The van der Waals surface area contributed by atoms with Gasteiger partial charge in [-0.2, -0.15) is 0 Å². The van der Waals surface area contributed by atoms with Gasteiger partial charge in [0.2, 0.25) is 0 Å². The predicted octanol–water partition coefficient (Wildman–Crippen LogP) is 2.04. The van der Waals surface area contributed by atoms with Crippen molar-refractivity contribution in [3.63, 3.8) is 0 Å². The van der Waals surface area contributed by atoms with Crippen LogP contribution in [-0.4, -0.2) is 40.0 Å². The van der Waals surface area contributed by atoms with Crippen LogP contribution in [0.2, 0.25) is 0 Å². The number of nitrogens with two attached hydrogens (primary N) is 1. The molecule has 1 amide bonds. The molecule has 2 N–H and O–H groups in total. The van der Waals surface area contributed by atoms with E-state index in [2.05, 4.69) is 30.4 Å². The highest BCUT2D eigenvalue weighted by Gasteiger charge is 2.30. The molecule has 0 saturated carbocycles. The molecule has 0 radical (unpaired) electrons. The van der Waals surface area contributed by atoms with Crippen LogP contribution in [0, 0.1) is 5.92 Å². The van der Waals surface area contributed by atoms with Gasteiger partial charge in [-0.1, -0.05) is 25.3 Å². The van der Waals surface area contributed by atoms with Crippen molar-refractivity contribution < 1.29 is 4.79 Å². The average molecular weight is 296 g/mol. The van der Waals surface area contributed by atoms with Gasteiger partial charge in [0.25, 0.3) is 5.91 Å². The standard InChI is InChI=1S/C14H24N4OS/c1-14(2,3)12-11(20-17-16-12)13(19)18-8-5-10(4-7-15)6-9-18/h10H,4-9,15H2,1-3H3. The van der Waals surface area contributed by atoms with Crippen molar-refractivity contribution in [2.45, 2.75) is 45.4 Å². The van der Waals surface area contributed by atoms with E-state index in [4.69, 9.17) is 5.73 Å². The monoisotopic (exact) mass is 296 g/mol. The van der Waals surface area contributed by atoms with E-state index in [1.165, 1.54) is 11.5 Å². The third-order valence-corrected chi connectivity index (χ3v) is 4.58. The van der Waals surface area contributed by atoms with E-state index in [1.54, 1.807) is 0 Å². The second-order valence-corrected chi connectivity index (χ2v) is 7.27. The number of hydrogen-bond acceptors (Lipinski definition) is 5. The fourth-order valence-corrected chi connectivity index (χ4v) is 3.47. The van der Waals surface area contributed by atoms with Gasteiger partial charge >= 0.3 is 0 Å². The van der Waals surface area contributed by atoms with Gasteiger partial charge in [-0.3, -0.25) is 4.79 Å². The first kappa shape index (κ1) is 15.4. The molecule has 2 heterocycles. The molecule has 6 heteroatoms. The molecule has 0 aromatic carbocycles. The zero-order chi connectivity index (χ0) is 14.8. The Morgan fingerprint density at radius 1 is 1.40 bits per heavy atom. The minimum absolute atomic E-state index is 0.0936. The van der Waals surface area contributed by atoms with Crippen LogP contribution in [0.3, 0.4) is 0 Å². The molecule has 1 saturated heterocycles. The van der Waals surface area contributed by atoms with Gasteiger partial charge in [0.1, 0.15) is 4.88 Å². The number of aromatic nitrogens is 2. The van der Waals surface area contributed by atoms with E-state index < -0.39 is 0 Å². The Labute approximate surface area is 124 Å². The molecule has 0 aliphatic carbocycles. The highest BCUT2D eigenvalue weighted by Crippen LogP contribution is 2.28. The number of likely N-dealkylation sites (tertiary alicyclic amines) is 1. The molecule has 20 heavy (non-hydrogen) atoms. The lowest BCUT2D eigenvalue weighted by atomic mass is 9.90. The normalized spacial score (nSPS) is 17.5. The molecular formula is C14H24N4OS. The van der Waals surface area contributed by atoms with Crippen molar-refractivity contribution in [2.24, 2.45) is 11.7 Å². The third kappa shape index (κ3) is 3.35. The number of nitrogens with zero attached hydrogens (tertiary/aromatic N) is 3. The molecule has 0 unspecified atom stereocenters. The van der Waals surface area contributed by atoms with Crippen LogP contribution in [0.1, 0.15) is 55.4 Å². The fourth-order valence-electron chi connectivity index (χ4n) is 2.63. The SMILES string of the molecule is CC(C)(C)c1nnsc1C(=O)N1CCC(CCN)CC1. The van der Waals surface area contributed by atoms with Crippen LogP contribution in [0.5, 0.6) is 0 Å². The summed E-state index contributed by atoms with van der Waals surface area (Å²) >= 11 is 1.22. The topological polar surface area (TPSA) is 72.1 Å². The summed E-state index contributed by atoms with van der Waals surface area (Å²) in [5.74, 6) is 0.766. The van der Waals surface area contributed by atoms with Gasteiger partial charge in [-0.15, -0.1) is 5.10 Å². The second kappa shape index (κ2) is 6.18. The molecule has 1 aromatic rings. The maximum absolute atomic E-state index is 12.6. The minimum Gasteiger partial charge on any atom is -0.338 e. The zero-order valence-corrected chi connectivity index (χ0v) is 13.4. The van der Waals surface area contributed by atoms with Crippen LogP contribution >= 0.6 is 11.5 Å². The highest BCUT2D eigenvalue weighted by molar-refractivity contribution is 7.08. The lowest BCUT2D eigenvalue weighted by Gasteiger charge is -2.32. The van der Waals surface area contributed by atoms with Crippen molar-refractivity contribution in [3.05, 3.63) is 10.6 Å². The molecule has 1 fully saturated rings. The first-order valence-corrected chi connectivity index (χ1v) is 8.03. The number of rotatable bonds is 3. The van der Waals surface area contributed by atoms with Gasteiger partial charge in [-0.05, 0) is 43.3 Å². The number of carbonyl (C=O) groups is 1. The quantitative estimate of drug-likeness (QED) is 0.926. The molecule has 5 nitrogen and oxygen atoms in total. The number of carbonyl (C=O) groups excluding carboxylic acids is 1. The van der Waals surface area contributed by atoms with Crippen molar-refractivity contribution in [3.8, 4) is 0 Å². The molecular weight excluding hydrogens is 272 g/mol. The minimum atomic E-state index is -0.143. The largest absolute Gasteiger partial charge is 0.338 e. The van der Waals surface area contributed by atoms with Crippen molar-refractivity contribution in [1.82, 2.24) is 14.5 Å². The maximum Gasteiger partial charge on any atom is 0.267 e. The number of piperidine rings is 1. The van der Waals surface area contributed by atoms with E-state index >= 15 is 0 Å². The van der Waals surface area contributed by atoms with Crippen LogP contribution < -0.4 is 5.73 Å². The van der Waals surface area contributed by atoms with E-state index in [-0.39, 0.29) is 11.3 Å². The highest BCUT2D eigenvalue weighted by atomic mass is 32.1. The maximum atomic E-state index is 12.6. The summed E-state index contributed by atoms with van der Waals surface area (Å²) in [5, 5.41) is 4.15. The molecule has 112 valence electrons. The van der Waals surface area contributed by atoms with Gasteiger partial charge < -0.3 is 10.6 Å². The fraction of sp³-hybridized carbons (Fsp3) is 0.786. The van der Waals surface area contributed by atoms with E-state index in [0.717, 1.165) is 44.6 Å². The van der Waals surface area contributed by atoms with Crippen molar-refractivity contribution in [1.29, 1.82) is 0 Å². The molecule has 0 spiro atoms. The van der Waals surface area contributed by atoms with Gasteiger partial charge in [-0.25, -0.2) is 0 Å². The molecule has 0 atom stereocenters. The lowest BCUT2D eigenvalue weighted by Crippen LogP contribution is -2.39. The van der Waals surface area contributed by atoms with E-state index in [0.29, 0.717) is 10.8 Å². The molecule has 2 rings (SSSR count). The average Bonchev–Trinajstić information content (AvgIpc) is 2.88. The second-order valence-electron chi connectivity index (χ2n) is 6.51. The summed E-state index contributed by atoms with van der Waals surface area (Å²) in [4.78, 5) is 15.3. The summed E-state index contributed by atoms with van der Waals surface area (Å²) in [6, 6.07) is 0. The number of amides is 1. The van der Waals surface area contributed by atoms with Crippen LogP contribution in [0.15, 0.2) is 0 Å². The van der Waals surface area contributed by atoms with Crippen LogP contribution in [0.4, 0.5) is 0 Å². The smallest absolute Gasteiger partial charge is 0.267 e. The van der Waals surface area contributed by atoms with Crippen molar-refractivity contribution >= 4 is 17.4 Å². The first-order chi connectivity index (χ1) is 9.43. The van der Waals surface area contributed by atoms with Crippen molar-refractivity contribution in [2.75, 3.05) is 19.6 Å². The Hall–Kier alpha value is -1.01. The van der Waals surface area contributed by atoms with E-state index in [9.17, 15) is 4.79 Å². The molecule has 0 bridgehead atoms. The van der Waals surface area contributed by atoms with E-state index in [1.807, 2.05) is 4.90 Å². The van der Waals surface area contributed by atoms with Crippen LogP contribution in [-0.2, 0) is 5.41 Å². The summed E-state index contributed by atoms with van der Waals surface area (Å²) in [7, 11) is 0. The third-order valence-electron chi connectivity index (χ3n) is 3.87. The summed E-state index contributed by atoms with van der Waals surface area (Å²) < 4.78 is 3.98. The first-order valence-electron chi connectivity index (χ1n) is 7.25. The Kier molecular flexibility index (Phi) is 4.75. The van der Waals surface area contributed by atoms with Gasteiger partial charge in [0, 0.05) is 18.5 Å². The molecule has 1 aliphatic rings. The predicted molar refractivity (Wildman–Crippen MR) is 80.9 cm³/mol. The number of hydrogen-bond donors (Lipinski definition) is 1. The Bertz CT molecular complexity index is 458. The summed E-state index contributed by atoms with van der Waals surface area (Å²) in [6.07, 6.45) is 3.18. The van der Waals surface area contributed by atoms with Gasteiger partial charge in [0.05, 0.1) is 5.69 Å². The molecule has 1 aromatic heterocycles. The lowest BCUT2D eigenvalue weighted by molar-refractivity contribution is 0.0690. The zero-order valence-electron chi connectivity index (χ0n) is 12.6. The Morgan fingerprint density at radius 3 is 2.60 bits per heavy atom. The molecule has 1 aliphatic heterocycles. The summed E-state index contributed by atoms with van der Waals surface area (Å²) in [5.41, 5.74) is 6.28.